The van der Waals surface area contributed by atoms with Crippen molar-refractivity contribution in [3.8, 4) is 0 Å². The third-order valence-corrected chi connectivity index (χ3v) is 4.28. The van der Waals surface area contributed by atoms with Crippen LogP contribution in [0.5, 0.6) is 0 Å². The van der Waals surface area contributed by atoms with Crippen LogP contribution in [0.15, 0.2) is 40.9 Å². The van der Waals surface area contributed by atoms with Crippen LogP contribution in [0.25, 0.3) is 0 Å². The first-order chi connectivity index (χ1) is 8.97. The lowest BCUT2D eigenvalue weighted by Crippen LogP contribution is -2.13. The van der Waals surface area contributed by atoms with Crippen molar-refractivity contribution in [2.75, 3.05) is 0 Å². The molecule has 0 bridgehead atoms. The maximum atomic E-state index is 6.26. The second-order valence-corrected chi connectivity index (χ2v) is 6.29. The van der Waals surface area contributed by atoms with Gasteiger partial charge >= 0.3 is 0 Å². The average Bonchev–Trinajstić information content (AvgIpc) is 2.33. The van der Waals surface area contributed by atoms with E-state index in [2.05, 4.69) is 28.1 Å². The smallest absolute Gasteiger partial charge is 0.0624 e. The van der Waals surface area contributed by atoms with Crippen LogP contribution in [0.1, 0.15) is 22.7 Å². The van der Waals surface area contributed by atoms with Crippen LogP contribution in [-0.2, 0) is 6.42 Å². The summed E-state index contributed by atoms with van der Waals surface area (Å²) >= 11 is 15.7. The van der Waals surface area contributed by atoms with E-state index in [0.717, 1.165) is 15.6 Å². The first-order valence-corrected chi connectivity index (χ1v) is 7.48. The van der Waals surface area contributed by atoms with Crippen LogP contribution in [-0.4, -0.2) is 0 Å². The SMILES string of the molecule is Cc1cc(Br)cc(C(N)Cc2cccc(Cl)c2Cl)c1. The van der Waals surface area contributed by atoms with E-state index in [9.17, 15) is 0 Å². The summed E-state index contributed by atoms with van der Waals surface area (Å²) in [6.07, 6.45) is 0.662. The van der Waals surface area contributed by atoms with Gasteiger partial charge in [0.1, 0.15) is 0 Å². The molecule has 100 valence electrons. The number of benzene rings is 2. The monoisotopic (exact) mass is 357 g/mol. The zero-order chi connectivity index (χ0) is 14.0. The minimum Gasteiger partial charge on any atom is -0.324 e. The predicted molar refractivity (Wildman–Crippen MR) is 86.0 cm³/mol. The van der Waals surface area contributed by atoms with Crippen molar-refractivity contribution in [3.63, 3.8) is 0 Å². The highest BCUT2D eigenvalue weighted by Crippen LogP contribution is 2.29. The Morgan fingerprint density at radius 3 is 2.63 bits per heavy atom. The summed E-state index contributed by atoms with van der Waals surface area (Å²) in [5, 5.41) is 1.16. The van der Waals surface area contributed by atoms with E-state index < -0.39 is 0 Å². The Morgan fingerprint density at radius 1 is 1.21 bits per heavy atom. The Labute approximate surface area is 131 Å². The molecular weight excluding hydrogens is 345 g/mol. The minimum atomic E-state index is -0.104. The second-order valence-electron chi connectivity index (χ2n) is 4.59. The van der Waals surface area contributed by atoms with Crippen LogP contribution < -0.4 is 5.73 Å². The molecule has 2 rings (SSSR count). The lowest BCUT2D eigenvalue weighted by atomic mass is 9.98. The lowest BCUT2D eigenvalue weighted by Gasteiger charge is -2.15. The largest absolute Gasteiger partial charge is 0.324 e. The molecule has 1 atom stereocenters. The molecule has 0 aliphatic heterocycles. The van der Waals surface area contributed by atoms with Crippen molar-refractivity contribution in [3.05, 3.63) is 67.6 Å². The van der Waals surface area contributed by atoms with Gasteiger partial charge in [-0.1, -0.05) is 57.3 Å². The third kappa shape index (κ3) is 3.73. The molecule has 0 saturated heterocycles. The molecule has 2 aromatic carbocycles. The number of rotatable bonds is 3. The maximum Gasteiger partial charge on any atom is 0.0624 e. The maximum absolute atomic E-state index is 6.26. The summed E-state index contributed by atoms with van der Waals surface area (Å²) < 4.78 is 1.04. The molecule has 0 aliphatic carbocycles. The molecule has 0 aromatic heterocycles. The first kappa shape index (κ1) is 14.9. The van der Waals surface area contributed by atoms with E-state index in [0.29, 0.717) is 16.5 Å². The summed E-state index contributed by atoms with van der Waals surface area (Å²) in [7, 11) is 0. The summed E-state index contributed by atoms with van der Waals surface area (Å²) in [5.41, 5.74) is 9.50. The van der Waals surface area contributed by atoms with Crippen molar-refractivity contribution in [1.29, 1.82) is 0 Å². The number of hydrogen-bond donors (Lipinski definition) is 1. The second kappa shape index (κ2) is 6.27. The Hall–Kier alpha value is -0.540. The molecule has 2 aromatic rings. The van der Waals surface area contributed by atoms with E-state index in [1.165, 1.54) is 5.56 Å². The highest BCUT2D eigenvalue weighted by atomic mass is 79.9. The van der Waals surface area contributed by atoms with E-state index >= 15 is 0 Å². The van der Waals surface area contributed by atoms with Crippen molar-refractivity contribution in [2.24, 2.45) is 5.73 Å². The van der Waals surface area contributed by atoms with Gasteiger partial charge in [-0.3, -0.25) is 0 Å². The average molecular weight is 359 g/mol. The summed E-state index contributed by atoms with van der Waals surface area (Å²) in [6.45, 7) is 2.05. The van der Waals surface area contributed by atoms with Gasteiger partial charge in [0.25, 0.3) is 0 Å². The molecule has 2 N–H and O–H groups in total. The molecule has 0 heterocycles. The van der Waals surface area contributed by atoms with Crippen LogP contribution in [0.2, 0.25) is 10.0 Å². The lowest BCUT2D eigenvalue weighted by molar-refractivity contribution is 0.721. The van der Waals surface area contributed by atoms with E-state index in [-0.39, 0.29) is 6.04 Å². The van der Waals surface area contributed by atoms with Gasteiger partial charge < -0.3 is 5.73 Å². The van der Waals surface area contributed by atoms with Crippen LogP contribution in [0.4, 0.5) is 0 Å². The standard InChI is InChI=1S/C15H14BrCl2N/c1-9-5-11(7-12(16)6-9)14(19)8-10-3-2-4-13(17)15(10)18/h2-7,14H,8,19H2,1H3. The van der Waals surface area contributed by atoms with Gasteiger partial charge in [-0.2, -0.15) is 0 Å². The van der Waals surface area contributed by atoms with Crippen molar-refractivity contribution in [1.82, 2.24) is 0 Å². The molecule has 0 aliphatic rings. The van der Waals surface area contributed by atoms with Gasteiger partial charge in [-0.25, -0.2) is 0 Å². The highest BCUT2D eigenvalue weighted by molar-refractivity contribution is 9.10. The predicted octanol–water partition coefficient (Wildman–Crippen LogP) is 5.31. The van der Waals surface area contributed by atoms with Crippen molar-refractivity contribution < 1.29 is 0 Å². The molecular formula is C15H14BrCl2N. The molecule has 0 fully saturated rings. The zero-order valence-electron chi connectivity index (χ0n) is 10.5. The van der Waals surface area contributed by atoms with Gasteiger partial charge in [0.15, 0.2) is 0 Å². The van der Waals surface area contributed by atoms with Gasteiger partial charge in [-0.15, -0.1) is 0 Å². The topological polar surface area (TPSA) is 26.0 Å². The van der Waals surface area contributed by atoms with Crippen LogP contribution >= 0.6 is 39.1 Å². The fraction of sp³-hybridized carbons (Fsp3) is 0.200. The first-order valence-electron chi connectivity index (χ1n) is 5.93. The van der Waals surface area contributed by atoms with Crippen molar-refractivity contribution >= 4 is 39.1 Å². The Balaban J connectivity index is 2.25. The number of halogens is 3. The van der Waals surface area contributed by atoms with E-state index in [4.69, 9.17) is 28.9 Å². The van der Waals surface area contributed by atoms with Crippen molar-refractivity contribution in [2.45, 2.75) is 19.4 Å². The van der Waals surface area contributed by atoms with E-state index in [1.54, 1.807) is 6.07 Å². The van der Waals surface area contributed by atoms with Gasteiger partial charge in [0, 0.05) is 10.5 Å². The molecule has 4 heteroatoms. The number of hydrogen-bond acceptors (Lipinski definition) is 1. The summed E-state index contributed by atoms with van der Waals surface area (Å²) in [5.74, 6) is 0. The molecule has 1 unspecified atom stereocenters. The minimum absolute atomic E-state index is 0.104. The van der Waals surface area contributed by atoms with Gasteiger partial charge in [-0.05, 0) is 48.2 Å². The Morgan fingerprint density at radius 2 is 1.95 bits per heavy atom. The summed E-state index contributed by atoms with van der Waals surface area (Å²) in [6, 6.07) is 11.7. The normalized spacial score (nSPS) is 12.5. The molecule has 1 nitrogen and oxygen atoms in total. The molecule has 0 spiro atoms. The summed E-state index contributed by atoms with van der Waals surface area (Å²) in [4.78, 5) is 0. The number of nitrogens with two attached hydrogens (primary N) is 1. The quantitative estimate of drug-likeness (QED) is 0.790. The fourth-order valence-electron chi connectivity index (χ4n) is 2.04. The Bertz CT molecular complexity index is 578. The van der Waals surface area contributed by atoms with Gasteiger partial charge in [0.05, 0.1) is 10.0 Å². The number of aryl methyl sites for hydroxylation is 1. The molecule has 0 amide bonds. The fourth-order valence-corrected chi connectivity index (χ4v) is 3.06. The van der Waals surface area contributed by atoms with E-state index in [1.807, 2.05) is 25.1 Å². The molecule has 0 radical (unpaired) electrons. The molecule has 0 saturated carbocycles. The highest BCUT2D eigenvalue weighted by Gasteiger charge is 2.12. The zero-order valence-corrected chi connectivity index (χ0v) is 13.6. The molecule has 19 heavy (non-hydrogen) atoms. The van der Waals surface area contributed by atoms with Crippen LogP contribution in [0.3, 0.4) is 0 Å². The third-order valence-electron chi connectivity index (χ3n) is 2.96. The Kier molecular flexibility index (Phi) is 4.91. The van der Waals surface area contributed by atoms with Crippen LogP contribution in [0, 0.1) is 6.92 Å². The van der Waals surface area contributed by atoms with Gasteiger partial charge in [0.2, 0.25) is 0 Å².